The van der Waals surface area contributed by atoms with Crippen molar-refractivity contribution in [1.82, 2.24) is 19.4 Å². The van der Waals surface area contributed by atoms with Crippen LogP contribution >= 0.6 is 0 Å². The zero-order valence-corrected chi connectivity index (χ0v) is 16.3. The number of hydrogen-bond acceptors (Lipinski definition) is 4. The van der Waals surface area contributed by atoms with Crippen LogP contribution in [0.4, 0.5) is 0 Å². The molecule has 0 saturated carbocycles. The lowest BCUT2D eigenvalue weighted by molar-refractivity contribution is -0.138. The molecule has 0 spiro atoms. The van der Waals surface area contributed by atoms with Gasteiger partial charge in [0.1, 0.15) is 11.4 Å². The maximum Gasteiger partial charge on any atom is 0.236 e. The minimum absolute atomic E-state index is 0.266. The summed E-state index contributed by atoms with van der Waals surface area (Å²) in [5.41, 5.74) is -0.863. The third-order valence-corrected chi connectivity index (χ3v) is 6.69. The molecule has 1 aromatic rings. The molecule has 4 heterocycles. The van der Waals surface area contributed by atoms with E-state index in [0.717, 1.165) is 31.8 Å². The highest BCUT2D eigenvalue weighted by molar-refractivity contribution is 5.78. The van der Waals surface area contributed by atoms with E-state index in [4.69, 9.17) is 0 Å². The number of rotatable bonds is 3. The van der Waals surface area contributed by atoms with Gasteiger partial charge in [0.25, 0.3) is 0 Å². The van der Waals surface area contributed by atoms with Crippen LogP contribution in [0.15, 0.2) is 12.4 Å². The van der Waals surface area contributed by atoms with Crippen molar-refractivity contribution < 1.29 is 9.90 Å². The minimum atomic E-state index is -0.863. The highest BCUT2D eigenvalue weighted by Crippen LogP contribution is 2.45. The Morgan fingerprint density at radius 2 is 1.85 bits per heavy atom. The average molecular weight is 361 g/mol. The zero-order valence-electron chi connectivity index (χ0n) is 16.3. The Bertz CT molecular complexity index is 649. The molecule has 6 nitrogen and oxygen atoms in total. The van der Waals surface area contributed by atoms with E-state index in [0.29, 0.717) is 31.2 Å². The SMILES string of the molecule is C[C@H]1C[C@H](C)CN(C(=O)CN2[C@H]3CC[C@H]2CC(O)(c2nccn2C)C3)C1. The molecule has 26 heavy (non-hydrogen) atoms. The minimum Gasteiger partial charge on any atom is -0.382 e. The van der Waals surface area contributed by atoms with E-state index in [9.17, 15) is 9.90 Å². The lowest BCUT2D eigenvalue weighted by Crippen LogP contribution is -2.54. The highest BCUT2D eigenvalue weighted by atomic mass is 16.3. The Morgan fingerprint density at radius 3 is 2.38 bits per heavy atom. The number of fused-ring (bicyclic) bond motifs is 2. The van der Waals surface area contributed by atoms with Gasteiger partial charge in [0.15, 0.2) is 0 Å². The van der Waals surface area contributed by atoms with E-state index in [2.05, 4.69) is 28.6 Å². The molecule has 1 N–H and O–H groups in total. The lowest BCUT2D eigenvalue weighted by Gasteiger charge is -2.44. The summed E-state index contributed by atoms with van der Waals surface area (Å²) in [5, 5.41) is 11.3. The van der Waals surface area contributed by atoms with Crippen molar-refractivity contribution in [3.05, 3.63) is 18.2 Å². The Morgan fingerprint density at radius 1 is 1.23 bits per heavy atom. The van der Waals surface area contributed by atoms with Gasteiger partial charge in [-0.3, -0.25) is 9.69 Å². The van der Waals surface area contributed by atoms with E-state index < -0.39 is 5.60 Å². The lowest BCUT2D eigenvalue weighted by atomic mass is 9.85. The van der Waals surface area contributed by atoms with Gasteiger partial charge in [0.2, 0.25) is 5.91 Å². The van der Waals surface area contributed by atoms with Crippen LogP contribution in [-0.4, -0.2) is 62.1 Å². The van der Waals surface area contributed by atoms with E-state index >= 15 is 0 Å². The Hall–Kier alpha value is -1.40. The molecule has 6 heteroatoms. The number of carbonyl (C=O) groups is 1. The van der Waals surface area contributed by atoms with Crippen molar-refractivity contribution in [1.29, 1.82) is 0 Å². The smallest absolute Gasteiger partial charge is 0.236 e. The molecule has 0 radical (unpaired) electrons. The summed E-state index contributed by atoms with van der Waals surface area (Å²) >= 11 is 0. The largest absolute Gasteiger partial charge is 0.382 e. The number of amides is 1. The van der Waals surface area contributed by atoms with E-state index in [-0.39, 0.29) is 18.0 Å². The fourth-order valence-electron chi connectivity index (χ4n) is 5.69. The van der Waals surface area contributed by atoms with Gasteiger partial charge in [0.05, 0.1) is 6.54 Å². The Labute approximate surface area is 156 Å². The normalized spacial score (nSPS) is 37.9. The summed E-state index contributed by atoms with van der Waals surface area (Å²) in [5.74, 6) is 2.21. The molecule has 0 aliphatic carbocycles. The van der Waals surface area contributed by atoms with Crippen LogP contribution in [0, 0.1) is 11.8 Å². The molecule has 1 amide bonds. The first-order chi connectivity index (χ1) is 12.4. The van der Waals surface area contributed by atoms with Gasteiger partial charge in [-0.05, 0) is 43.9 Å². The number of aromatic nitrogens is 2. The molecule has 144 valence electrons. The Balaban J connectivity index is 1.44. The van der Waals surface area contributed by atoms with Gasteiger partial charge < -0.3 is 14.6 Å². The summed E-state index contributed by atoms with van der Waals surface area (Å²) in [6, 6.07) is 0.554. The topological polar surface area (TPSA) is 61.6 Å². The second-order valence-corrected chi connectivity index (χ2v) is 9.10. The number of aryl methyl sites for hydroxylation is 1. The van der Waals surface area contributed by atoms with E-state index in [1.54, 1.807) is 6.20 Å². The van der Waals surface area contributed by atoms with E-state index in [1.165, 1.54) is 6.42 Å². The van der Waals surface area contributed by atoms with Crippen LogP contribution in [0.2, 0.25) is 0 Å². The molecule has 2 bridgehead atoms. The van der Waals surface area contributed by atoms with Crippen molar-refractivity contribution in [2.24, 2.45) is 18.9 Å². The predicted octanol–water partition coefficient (Wildman–Crippen LogP) is 1.74. The van der Waals surface area contributed by atoms with Gasteiger partial charge in [-0.15, -0.1) is 0 Å². The van der Waals surface area contributed by atoms with Gasteiger partial charge in [-0.2, -0.15) is 0 Å². The average Bonchev–Trinajstić information content (AvgIpc) is 3.09. The van der Waals surface area contributed by atoms with Crippen molar-refractivity contribution in [3.63, 3.8) is 0 Å². The first-order valence-electron chi connectivity index (χ1n) is 10.1. The molecule has 3 aliphatic heterocycles. The molecule has 0 unspecified atom stereocenters. The molecule has 3 fully saturated rings. The van der Waals surface area contributed by atoms with Crippen molar-refractivity contribution in [2.75, 3.05) is 19.6 Å². The van der Waals surface area contributed by atoms with Crippen molar-refractivity contribution >= 4 is 5.91 Å². The van der Waals surface area contributed by atoms with Crippen LogP contribution in [0.1, 0.15) is 51.8 Å². The molecule has 0 aromatic carbocycles. The number of carbonyl (C=O) groups excluding carboxylic acids is 1. The fraction of sp³-hybridized carbons (Fsp3) is 0.800. The number of imidazole rings is 1. The van der Waals surface area contributed by atoms with Crippen LogP contribution in [0.25, 0.3) is 0 Å². The predicted molar refractivity (Wildman–Crippen MR) is 99.4 cm³/mol. The monoisotopic (exact) mass is 360 g/mol. The molecule has 4 rings (SSSR count). The molecule has 1 aromatic heterocycles. The van der Waals surface area contributed by atoms with Crippen LogP contribution in [0.3, 0.4) is 0 Å². The number of piperidine rings is 2. The maximum atomic E-state index is 12.9. The summed E-state index contributed by atoms with van der Waals surface area (Å²) in [7, 11) is 1.94. The van der Waals surface area contributed by atoms with Crippen molar-refractivity contribution in [2.45, 2.75) is 63.6 Å². The quantitative estimate of drug-likeness (QED) is 0.892. The molecule has 4 atom stereocenters. The standard InChI is InChI=1S/C20H32N4O2/c1-14-8-15(2)12-23(11-14)18(25)13-24-16-4-5-17(24)10-20(26,9-16)19-21-6-7-22(19)3/h6-7,14-17,26H,4-5,8-13H2,1-3H3/t14-,15-,16-,17-/m0/s1. The number of aliphatic hydroxyl groups is 1. The summed E-state index contributed by atoms with van der Waals surface area (Å²) in [6.45, 7) is 6.78. The first kappa shape index (κ1) is 18.0. The first-order valence-corrected chi connectivity index (χ1v) is 10.1. The van der Waals surface area contributed by atoms with Crippen LogP contribution in [0.5, 0.6) is 0 Å². The van der Waals surface area contributed by atoms with E-state index in [1.807, 2.05) is 17.8 Å². The van der Waals surface area contributed by atoms with Gasteiger partial charge in [-0.1, -0.05) is 13.8 Å². The number of hydrogen-bond donors (Lipinski definition) is 1. The van der Waals surface area contributed by atoms with Gasteiger partial charge in [-0.25, -0.2) is 4.98 Å². The van der Waals surface area contributed by atoms with Crippen LogP contribution < -0.4 is 0 Å². The zero-order chi connectivity index (χ0) is 18.5. The second kappa shape index (κ2) is 6.64. The molecule has 3 saturated heterocycles. The second-order valence-electron chi connectivity index (χ2n) is 9.10. The summed E-state index contributed by atoms with van der Waals surface area (Å²) < 4.78 is 1.93. The number of likely N-dealkylation sites (tertiary alicyclic amines) is 1. The Kier molecular flexibility index (Phi) is 4.59. The van der Waals surface area contributed by atoms with Crippen molar-refractivity contribution in [3.8, 4) is 0 Å². The summed E-state index contributed by atoms with van der Waals surface area (Å²) in [6.07, 6.45) is 8.35. The third-order valence-electron chi connectivity index (χ3n) is 6.69. The van der Waals surface area contributed by atoms with Gasteiger partial charge in [0, 0.05) is 44.6 Å². The molecular weight excluding hydrogens is 328 g/mol. The highest BCUT2D eigenvalue weighted by Gasteiger charge is 2.50. The maximum absolute atomic E-state index is 12.9. The fourth-order valence-corrected chi connectivity index (χ4v) is 5.69. The third kappa shape index (κ3) is 3.18. The molecule has 3 aliphatic rings. The molecular formula is C20H32N4O2. The summed E-state index contributed by atoms with van der Waals surface area (Å²) in [4.78, 5) is 21.8. The number of nitrogens with zero attached hydrogens (tertiary/aromatic N) is 4. The van der Waals surface area contributed by atoms with Gasteiger partial charge >= 0.3 is 0 Å². The van der Waals surface area contributed by atoms with Crippen LogP contribution in [-0.2, 0) is 17.4 Å².